The Balaban J connectivity index is 1.56. The van der Waals surface area contributed by atoms with Gasteiger partial charge in [0.05, 0.1) is 0 Å². The number of anilines is 1. The topological polar surface area (TPSA) is 6.48 Å². The van der Waals surface area contributed by atoms with Gasteiger partial charge in [0.25, 0.3) is 0 Å². The van der Waals surface area contributed by atoms with E-state index in [1.165, 1.54) is 16.8 Å². The number of piperazine rings is 1. The lowest BCUT2D eigenvalue weighted by molar-refractivity contribution is 0.250. The molecule has 1 aliphatic heterocycles. The van der Waals surface area contributed by atoms with Crippen LogP contribution in [0.15, 0.2) is 61.2 Å². The average molecular weight is 278 g/mol. The first-order valence-corrected chi connectivity index (χ1v) is 7.59. The summed E-state index contributed by atoms with van der Waals surface area (Å²) < 4.78 is 0. The summed E-state index contributed by atoms with van der Waals surface area (Å²) in [4.78, 5) is 5.00. The van der Waals surface area contributed by atoms with Crippen LogP contribution in [0.25, 0.3) is 6.08 Å². The molecule has 3 rings (SSSR count). The van der Waals surface area contributed by atoms with E-state index in [1.54, 1.807) is 0 Å². The highest BCUT2D eigenvalue weighted by atomic mass is 15.3. The average Bonchev–Trinajstić information content (AvgIpc) is 2.57. The summed E-state index contributed by atoms with van der Waals surface area (Å²) in [7, 11) is 0. The summed E-state index contributed by atoms with van der Waals surface area (Å²) in [5, 5.41) is 0. The van der Waals surface area contributed by atoms with Crippen LogP contribution in [0.5, 0.6) is 0 Å². The van der Waals surface area contributed by atoms with E-state index in [2.05, 4.69) is 71.0 Å². The maximum Gasteiger partial charge on any atom is 0.0367 e. The van der Waals surface area contributed by atoms with E-state index < -0.39 is 0 Å². The second-order valence-electron chi connectivity index (χ2n) is 5.54. The second-order valence-corrected chi connectivity index (χ2v) is 5.54. The van der Waals surface area contributed by atoms with Gasteiger partial charge in [0.15, 0.2) is 0 Å². The van der Waals surface area contributed by atoms with E-state index in [0.717, 1.165) is 32.7 Å². The lowest BCUT2D eigenvalue weighted by atomic mass is 10.1. The molecule has 0 aromatic heterocycles. The van der Waals surface area contributed by atoms with Crippen LogP contribution in [0.1, 0.15) is 11.1 Å². The van der Waals surface area contributed by atoms with Gasteiger partial charge in [0, 0.05) is 38.4 Å². The quantitative estimate of drug-likeness (QED) is 0.842. The maximum atomic E-state index is 3.80. The van der Waals surface area contributed by atoms with Gasteiger partial charge < -0.3 is 4.90 Å². The summed E-state index contributed by atoms with van der Waals surface area (Å²) in [5.74, 6) is 0. The molecule has 1 heterocycles. The SMILES string of the molecule is C=Cc1ccc(N2CCN(Cc3ccccc3)CC2)cc1. The number of hydrogen-bond donors (Lipinski definition) is 0. The Morgan fingerprint density at radius 3 is 2.14 bits per heavy atom. The highest BCUT2D eigenvalue weighted by Crippen LogP contribution is 2.18. The molecule has 1 fully saturated rings. The molecule has 0 aliphatic carbocycles. The van der Waals surface area contributed by atoms with E-state index >= 15 is 0 Å². The largest absolute Gasteiger partial charge is 0.369 e. The Hall–Kier alpha value is -2.06. The summed E-state index contributed by atoms with van der Waals surface area (Å²) >= 11 is 0. The molecule has 0 atom stereocenters. The van der Waals surface area contributed by atoms with Gasteiger partial charge in [0.2, 0.25) is 0 Å². The molecule has 0 N–H and O–H groups in total. The Morgan fingerprint density at radius 2 is 1.52 bits per heavy atom. The van der Waals surface area contributed by atoms with E-state index in [-0.39, 0.29) is 0 Å². The van der Waals surface area contributed by atoms with Gasteiger partial charge in [-0.05, 0) is 23.3 Å². The molecule has 0 unspecified atom stereocenters. The molecule has 0 saturated carbocycles. The van der Waals surface area contributed by atoms with Crippen LogP contribution in [0.2, 0.25) is 0 Å². The standard InChI is InChI=1S/C19H22N2/c1-2-17-8-10-19(11-9-17)21-14-12-20(13-15-21)16-18-6-4-3-5-7-18/h2-11H,1,12-16H2. The molecule has 2 aromatic rings. The number of hydrogen-bond acceptors (Lipinski definition) is 2. The summed E-state index contributed by atoms with van der Waals surface area (Å²) in [5.41, 5.74) is 3.91. The van der Waals surface area contributed by atoms with E-state index in [0.29, 0.717) is 0 Å². The van der Waals surface area contributed by atoms with Gasteiger partial charge in [-0.3, -0.25) is 4.90 Å². The van der Waals surface area contributed by atoms with Gasteiger partial charge in [-0.15, -0.1) is 0 Å². The van der Waals surface area contributed by atoms with Crippen molar-refractivity contribution in [1.29, 1.82) is 0 Å². The minimum Gasteiger partial charge on any atom is -0.369 e. The van der Waals surface area contributed by atoms with E-state index in [1.807, 2.05) is 6.08 Å². The van der Waals surface area contributed by atoms with E-state index in [9.17, 15) is 0 Å². The van der Waals surface area contributed by atoms with Crippen molar-refractivity contribution in [3.8, 4) is 0 Å². The zero-order valence-electron chi connectivity index (χ0n) is 12.4. The number of benzene rings is 2. The molecular formula is C19H22N2. The third-order valence-electron chi connectivity index (χ3n) is 4.12. The van der Waals surface area contributed by atoms with Crippen LogP contribution in [-0.2, 0) is 6.54 Å². The zero-order chi connectivity index (χ0) is 14.5. The van der Waals surface area contributed by atoms with Crippen molar-refractivity contribution >= 4 is 11.8 Å². The Morgan fingerprint density at radius 1 is 0.857 bits per heavy atom. The molecule has 2 nitrogen and oxygen atoms in total. The van der Waals surface area contributed by atoms with Gasteiger partial charge >= 0.3 is 0 Å². The monoisotopic (exact) mass is 278 g/mol. The number of rotatable bonds is 4. The minimum absolute atomic E-state index is 1.06. The fourth-order valence-corrected chi connectivity index (χ4v) is 2.83. The van der Waals surface area contributed by atoms with Crippen LogP contribution in [0.3, 0.4) is 0 Å². The lowest BCUT2D eigenvalue weighted by Gasteiger charge is -2.36. The second kappa shape index (κ2) is 6.59. The van der Waals surface area contributed by atoms with Crippen molar-refractivity contribution in [2.45, 2.75) is 6.54 Å². The van der Waals surface area contributed by atoms with Crippen molar-refractivity contribution in [3.63, 3.8) is 0 Å². The molecule has 0 amide bonds. The molecule has 1 aliphatic rings. The van der Waals surface area contributed by atoms with Crippen molar-refractivity contribution in [2.75, 3.05) is 31.1 Å². The predicted octanol–water partition coefficient (Wildman–Crippen LogP) is 3.65. The highest BCUT2D eigenvalue weighted by Gasteiger charge is 2.17. The fourth-order valence-electron chi connectivity index (χ4n) is 2.83. The van der Waals surface area contributed by atoms with Gasteiger partial charge in [0.1, 0.15) is 0 Å². The molecule has 2 aromatic carbocycles. The van der Waals surface area contributed by atoms with Crippen molar-refractivity contribution in [1.82, 2.24) is 4.90 Å². The molecule has 1 saturated heterocycles. The third kappa shape index (κ3) is 3.53. The molecule has 0 spiro atoms. The Bertz CT molecular complexity index is 566. The lowest BCUT2D eigenvalue weighted by Crippen LogP contribution is -2.45. The van der Waals surface area contributed by atoms with Crippen LogP contribution < -0.4 is 4.90 Å². The van der Waals surface area contributed by atoms with Crippen LogP contribution >= 0.6 is 0 Å². The molecule has 21 heavy (non-hydrogen) atoms. The van der Waals surface area contributed by atoms with Crippen molar-refractivity contribution in [3.05, 3.63) is 72.3 Å². The highest BCUT2D eigenvalue weighted by molar-refractivity contribution is 5.55. The smallest absolute Gasteiger partial charge is 0.0367 e. The molecule has 2 heteroatoms. The van der Waals surface area contributed by atoms with Gasteiger partial charge in [-0.1, -0.05) is 55.1 Å². The van der Waals surface area contributed by atoms with E-state index in [4.69, 9.17) is 0 Å². The first kappa shape index (κ1) is 13.9. The van der Waals surface area contributed by atoms with Crippen LogP contribution in [0.4, 0.5) is 5.69 Å². The minimum atomic E-state index is 1.06. The van der Waals surface area contributed by atoms with Crippen LogP contribution in [-0.4, -0.2) is 31.1 Å². The predicted molar refractivity (Wildman–Crippen MR) is 90.5 cm³/mol. The van der Waals surface area contributed by atoms with Crippen molar-refractivity contribution < 1.29 is 0 Å². The Kier molecular flexibility index (Phi) is 4.37. The molecule has 0 bridgehead atoms. The number of nitrogens with zero attached hydrogens (tertiary/aromatic N) is 2. The summed E-state index contributed by atoms with van der Waals surface area (Å²) in [6.45, 7) is 9.30. The van der Waals surface area contributed by atoms with Crippen LogP contribution in [0, 0.1) is 0 Å². The fraction of sp³-hybridized carbons (Fsp3) is 0.263. The maximum absolute atomic E-state index is 3.80. The Labute approximate surface area is 127 Å². The zero-order valence-corrected chi connectivity index (χ0v) is 12.4. The van der Waals surface area contributed by atoms with Crippen molar-refractivity contribution in [2.24, 2.45) is 0 Å². The third-order valence-corrected chi connectivity index (χ3v) is 4.12. The first-order chi connectivity index (χ1) is 10.3. The normalized spacial score (nSPS) is 15.9. The summed E-state index contributed by atoms with van der Waals surface area (Å²) in [6.07, 6.45) is 1.89. The van der Waals surface area contributed by atoms with Gasteiger partial charge in [-0.25, -0.2) is 0 Å². The first-order valence-electron chi connectivity index (χ1n) is 7.59. The molecule has 108 valence electrons. The van der Waals surface area contributed by atoms with Gasteiger partial charge in [-0.2, -0.15) is 0 Å². The molecule has 0 radical (unpaired) electrons. The molecular weight excluding hydrogens is 256 g/mol. The summed E-state index contributed by atoms with van der Waals surface area (Å²) in [6, 6.07) is 19.4.